The van der Waals surface area contributed by atoms with Crippen molar-refractivity contribution in [3.63, 3.8) is 0 Å². The summed E-state index contributed by atoms with van der Waals surface area (Å²) < 4.78 is 20.8. The fraction of sp³-hybridized carbons (Fsp3) is 0.444. The summed E-state index contributed by atoms with van der Waals surface area (Å²) in [5, 5.41) is 2.66. The molecule has 25 heavy (non-hydrogen) atoms. The van der Waals surface area contributed by atoms with Gasteiger partial charge in [-0.15, -0.1) is 0 Å². The van der Waals surface area contributed by atoms with Gasteiger partial charge in [-0.05, 0) is 19.3 Å². The number of hydrogen-bond donors (Lipinski definition) is 1. The first-order valence-corrected chi connectivity index (χ1v) is 8.00. The van der Waals surface area contributed by atoms with Crippen molar-refractivity contribution in [1.29, 1.82) is 0 Å². The van der Waals surface area contributed by atoms with E-state index in [0.29, 0.717) is 29.4 Å². The molecule has 7 heteroatoms. The number of nitrogens with one attached hydrogen (secondary N) is 1. The number of hydrogen-bond acceptors (Lipinski definition) is 6. The van der Waals surface area contributed by atoms with Crippen LogP contribution in [0.2, 0.25) is 0 Å². The summed E-state index contributed by atoms with van der Waals surface area (Å²) >= 11 is 0. The minimum atomic E-state index is -0.436. The van der Waals surface area contributed by atoms with Crippen LogP contribution in [-0.2, 0) is 14.3 Å². The first-order chi connectivity index (χ1) is 12.1. The molecule has 1 atom stereocenters. The fourth-order valence-corrected chi connectivity index (χ4v) is 2.61. The maximum atomic E-state index is 12.0. The van der Waals surface area contributed by atoms with Gasteiger partial charge in [-0.3, -0.25) is 9.59 Å². The normalized spacial score (nSPS) is 16.0. The lowest BCUT2D eigenvalue weighted by Gasteiger charge is -2.17. The monoisotopic (exact) mass is 349 g/mol. The zero-order chi connectivity index (χ0) is 18.2. The van der Waals surface area contributed by atoms with E-state index in [-0.39, 0.29) is 18.5 Å². The molecule has 0 heterocycles. The van der Waals surface area contributed by atoms with Crippen molar-refractivity contribution in [2.24, 2.45) is 5.92 Å². The number of amides is 1. The van der Waals surface area contributed by atoms with Crippen molar-refractivity contribution in [1.82, 2.24) is 0 Å². The molecule has 1 amide bonds. The lowest BCUT2D eigenvalue weighted by molar-refractivity contribution is -0.151. The smallest absolute Gasteiger partial charge is 0.309 e. The second-order valence-corrected chi connectivity index (χ2v) is 5.55. The highest BCUT2D eigenvalue weighted by atomic mass is 16.5. The summed E-state index contributed by atoms with van der Waals surface area (Å²) in [6.07, 6.45) is 6.28. The fourth-order valence-electron chi connectivity index (χ4n) is 2.61. The van der Waals surface area contributed by atoms with Gasteiger partial charge in [0, 0.05) is 17.8 Å². The molecule has 0 radical (unpaired) electrons. The molecule has 0 fully saturated rings. The van der Waals surface area contributed by atoms with Gasteiger partial charge in [-0.25, -0.2) is 0 Å². The van der Waals surface area contributed by atoms with Gasteiger partial charge in [0.15, 0.2) is 18.1 Å². The maximum Gasteiger partial charge on any atom is 0.309 e. The van der Waals surface area contributed by atoms with E-state index in [9.17, 15) is 9.59 Å². The number of methoxy groups -OCH3 is 3. The van der Waals surface area contributed by atoms with Crippen LogP contribution < -0.4 is 19.5 Å². The van der Waals surface area contributed by atoms with E-state index in [0.717, 1.165) is 12.8 Å². The SMILES string of the molecule is COc1cc(NC(=O)COC(=O)C2CC=CCC2)cc(OC)c1OC. The van der Waals surface area contributed by atoms with Gasteiger partial charge in [0.05, 0.1) is 27.2 Å². The Morgan fingerprint density at radius 2 is 1.76 bits per heavy atom. The molecule has 0 aliphatic heterocycles. The van der Waals surface area contributed by atoms with Crippen LogP contribution in [0.3, 0.4) is 0 Å². The Kier molecular flexibility index (Phi) is 6.68. The van der Waals surface area contributed by atoms with Crippen LogP contribution in [0.25, 0.3) is 0 Å². The molecule has 0 bridgehead atoms. The van der Waals surface area contributed by atoms with Gasteiger partial charge in [-0.2, -0.15) is 0 Å². The van der Waals surface area contributed by atoms with Gasteiger partial charge in [0.2, 0.25) is 5.75 Å². The summed E-state index contributed by atoms with van der Waals surface area (Å²) in [6.45, 7) is -0.338. The number of rotatable bonds is 7. The van der Waals surface area contributed by atoms with Crippen LogP contribution in [0, 0.1) is 5.92 Å². The minimum Gasteiger partial charge on any atom is -0.493 e. The Hall–Kier alpha value is -2.70. The molecule has 0 saturated heterocycles. The third-order valence-corrected chi connectivity index (χ3v) is 3.90. The Morgan fingerprint density at radius 3 is 2.28 bits per heavy atom. The number of carbonyl (C=O) groups excluding carboxylic acids is 2. The van der Waals surface area contributed by atoms with E-state index in [2.05, 4.69) is 5.32 Å². The summed E-state index contributed by atoms with van der Waals surface area (Å²) in [5.41, 5.74) is 0.455. The largest absolute Gasteiger partial charge is 0.493 e. The maximum absolute atomic E-state index is 12.0. The van der Waals surface area contributed by atoms with Crippen LogP contribution in [-0.4, -0.2) is 39.8 Å². The second kappa shape index (κ2) is 8.96. The predicted octanol–water partition coefficient (Wildman–Crippen LogP) is 2.55. The molecule has 1 aromatic carbocycles. The van der Waals surface area contributed by atoms with Crippen LogP contribution in [0.15, 0.2) is 24.3 Å². The quantitative estimate of drug-likeness (QED) is 0.602. The molecule has 0 saturated carbocycles. The van der Waals surface area contributed by atoms with E-state index in [1.807, 2.05) is 12.2 Å². The molecule has 0 aromatic heterocycles. The highest BCUT2D eigenvalue weighted by molar-refractivity contribution is 5.93. The van der Waals surface area contributed by atoms with Gasteiger partial charge in [-0.1, -0.05) is 12.2 Å². The lowest BCUT2D eigenvalue weighted by Crippen LogP contribution is -2.25. The van der Waals surface area contributed by atoms with E-state index >= 15 is 0 Å². The zero-order valence-corrected chi connectivity index (χ0v) is 14.7. The second-order valence-electron chi connectivity index (χ2n) is 5.55. The van der Waals surface area contributed by atoms with Crippen LogP contribution in [0.4, 0.5) is 5.69 Å². The first-order valence-electron chi connectivity index (χ1n) is 8.00. The summed E-state index contributed by atoms with van der Waals surface area (Å²) in [7, 11) is 4.48. The predicted molar refractivity (Wildman–Crippen MR) is 92.2 cm³/mol. The molecule has 1 aromatic rings. The molecule has 7 nitrogen and oxygen atoms in total. The number of allylic oxidation sites excluding steroid dienone is 2. The Labute approximate surface area is 146 Å². The van der Waals surface area contributed by atoms with E-state index in [1.54, 1.807) is 12.1 Å². The molecule has 2 rings (SSSR count). The van der Waals surface area contributed by atoms with Crippen molar-refractivity contribution in [3.8, 4) is 17.2 Å². The van der Waals surface area contributed by atoms with E-state index < -0.39 is 5.91 Å². The third kappa shape index (κ3) is 4.89. The minimum absolute atomic E-state index is 0.168. The van der Waals surface area contributed by atoms with Crippen molar-refractivity contribution in [2.45, 2.75) is 19.3 Å². The van der Waals surface area contributed by atoms with E-state index in [4.69, 9.17) is 18.9 Å². The molecular weight excluding hydrogens is 326 g/mol. The standard InChI is InChI=1S/C18H23NO6/c1-22-14-9-13(10-15(23-2)17(14)24-3)19-16(20)11-25-18(21)12-7-5-4-6-8-12/h4-5,9-10,12H,6-8,11H2,1-3H3,(H,19,20). The molecule has 136 valence electrons. The number of ether oxygens (including phenoxy) is 4. The van der Waals surface area contributed by atoms with Crippen LogP contribution in [0.1, 0.15) is 19.3 Å². The Morgan fingerprint density at radius 1 is 1.08 bits per heavy atom. The molecule has 1 unspecified atom stereocenters. The van der Waals surface area contributed by atoms with Gasteiger partial charge >= 0.3 is 5.97 Å². The molecule has 1 N–H and O–H groups in total. The molecule has 1 aliphatic carbocycles. The topological polar surface area (TPSA) is 83.1 Å². The van der Waals surface area contributed by atoms with Gasteiger partial charge in [0.1, 0.15) is 0 Å². The van der Waals surface area contributed by atoms with Crippen molar-refractivity contribution in [3.05, 3.63) is 24.3 Å². The van der Waals surface area contributed by atoms with Gasteiger partial charge < -0.3 is 24.3 Å². The molecular formula is C18H23NO6. The highest BCUT2D eigenvalue weighted by Gasteiger charge is 2.21. The zero-order valence-electron chi connectivity index (χ0n) is 14.7. The van der Waals surface area contributed by atoms with Crippen LogP contribution in [0.5, 0.6) is 17.2 Å². The summed E-state index contributed by atoms with van der Waals surface area (Å²) in [5.74, 6) is 0.323. The number of esters is 1. The Bertz CT molecular complexity index is 630. The number of anilines is 1. The highest BCUT2D eigenvalue weighted by Crippen LogP contribution is 2.39. The van der Waals surface area contributed by atoms with E-state index in [1.165, 1.54) is 21.3 Å². The number of benzene rings is 1. The van der Waals surface area contributed by atoms with Gasteiger partial charge in [0.25, 0.3) is 5.91 Å². The number of carbonyl (C=O) groups is 2. The molecule has 0 spiro atoms. The van der Waals surface area contributed by atoms with Crippen molar-refractivity contribution >= 4 is 17.6 Å². The average molecular weight is 349 g/mol. The van der Waals surface area contributed by atoms with Crippen molar-refractivity contribution < 1.29 is 28.5 Å². The lowest BCUT2D eigenvalue weighted by atomic mass is 9.95. The molecule has 1 aliphatic rings. The summed E-state index contributed by atoms with van der Waals surface area (Å²) in [6, 6.07) is 3.21. The van der Waals surface area contributed by atoms with Crippen LogP contribution >= 0.6 is 0 Å². The Balaban J connectivity index is 1.95. The summed E-state index contributed by atoms with van der Waals surface area (Å²) in [4.78, 5) is 24.0. The first kappa shape index (κ1) is 18.6. The third-order valence-electron chi connectivity index (χ3n) is 3.90. The van der Waals surface area contributed by atoms with Crippen molar-refractivity contribution in [2.75, 3.05) is 33.3 Å². The average Bonchev–Trinajstić information content (AvgIpc) is 2.65.